The van der Waals surface area contributed by atoms with E-state index in [1.165, 1.54) is 0 Å². The normalized spacial score (nSPS) is 11.3. The Morgan fingerprint density at radius 3 is 2.41 bits per heavy atom. The molecule has 27 heavy (non-hydrogen) atoms. The van der Waals surface area contributed by atoms with Crippen molar-refractivity contribution < 1.29 is 17.9 Å². The van der Waals surface area contributed by atoms with E-state index >= 15 is 0 Å². The second kappa shape index (κ2) is 7.65. The molecule has 0 radical (unpaired) electrons. The van der Waals surface area contributed by atoms with Crippen LogP contribution in [-0.4, -0.2) is 16.5 Å². The number of anilines is 2. The van der Waals surface area contributed by atoms with Gasteiger partial charge in [0.15, 0.2) is 0 Å². The van der Waals surface area contributed by atoms with Gasteiger partial charge in [-0.1, -0.05) is 30.3 Å². The molecule has 0 unspecified atom stereocenters. The average Bonchev–Trinajstić information content (AvgIpc) is 2.62. The molecular formula is C20H18F3N3O. The number of halogens is 3. The molecular weight excluding hydrogens is 355 g/mol. The van der Waals surface area contributed by atoms with Crippen molar-refractivity contribution in [2.24, 2.45) is 0 Å². The largest absolute Gasteiger partial charge is 0.438 e. The van der Waals surface area contributed by atoms with E-state index in [2.05, 4.69) is 9.97 Å². The molecule has 4 nitrogen and oxygen atoms in total. The highest BCUT2D eigenvalue weighted by atomic mass is 19.4. The van der Waals surface area contributed by atoms with Crippen LogP contribution in [0.15, 0.2) is 60.8 Å². The number of ether oxygens (including phenoxy) is 1. The fourth-order valence-electron chi connectivity index (χ4n) is 2.60. The molecule has 1 aromatic heterocycles. The first-order valence-electron chi connectivity index (χ1n) is 8.40. The van der Waals surface area contributed by atoms with E-state index < -0.39 is 17.6 Å². The van der Waals surface area contributed by atoms with Gasteiger partial charge in [-0.3, -0.25) is 0 Å². The minimum absolute atomic E-state index is 0.141. The van der Waals surface area contributed by atoms with E-state index in [1.54, 1.807) is 35.2 Å². The molecule has 0 spiro atoms. The summed E-state index contributed by atoms with van der Waals surface area (Å²) >= 11 is 0. The third kappa shape index (κ3) is 4.36. The van der Waals surface area contributed by atoms with Crippen LogP contribution < -0.4 is 9.64 Å². The predicted molar refractivity (Wildman–Crippen MR) is 97.4 cm³/mol. The monoisotopic (exact) mass is 373 g/mol. The Morgan fingerprint density at radius 2 is 1.78 bits per heavy atom. The lowest BCUT2D eigenvalue weighted by Gasteiger charge is -2.22. The Labute approximate surface area is 155 Å². The van der Waals surface area contributed by atoms with E-state index in [0.29, 0.717) is 6.54 Å². The van der Waals surface area contributed by atoms with Gasteiger partial charge in [0.05, 0.1) is 0 Å². The zero-order chi connectivity index (χ0) is 19.4. The smallest absolute Gasteiger partial charge is 0.423 e. The van der Waals surface area contributed by atoms with Gasteiger partial charge in [-0.2, -0.15) is 18.2 Å². The molecule has 0 bridgehead atoms. The first kappa shape index (κ1) is 18.7. The topological polar surface area (TPSA) is 38.2 Å². The van der Waals surface area contributed by atoms with Crippen LogP contribution in [-0.2, 0) is 6.18 Å². The van der Waals surface area contributed by atoms with Gasteiger partial charge >= 0.3 is 6.18 Å². The highest BCUT2D eigenvalue weighted by molar-refractivity contribution is 5.58. The summed E-state index contributed by atoms with van der Waals surface area (Å²) in [6.45, 7) is 4.30. The van der Waals surface area contributed by atoms with Crippen molar-refractivity contribution in [3.05, 3.63) is 71.9 Å². The fraction of sp³-hybridized carbons (Fsp3) is 0.200. The lowest BCUT2D eigenvalue weighted by Crippen LogP contribution is -2.20. The molecule has 2 aromatic carbocycles. The molecule has 0 aliphatic heterocycles. The molecule has 140 valence electrons. The lowest BCUT2D eigenvalue weighted by molar-refractivity contribution is -0.139. The molecule has 0 atom stereocenters. The van der Waals surface area contributed by atoms with Crippen LogP contribution in [0.2, 0.25) is 0 Å². The van der Waals surface area contributed by atoms with Gasteiger partial charge in [-0.05, 0) is 43.7 Å². The highest BCUT2D eigenvalue weighted by Gasteiger charge is 2.37. The number of hydrogen-bond donors (Lipinski definition) is 0. The summed E-state index contributed by atoms with van der Waals surface area (Å²) in [6.07, 6.45) is -3.86. The number of benzene rings is 2. The summed E-state index contributed by atoms with van der Waals surface area (Å²) in [7, 11) is 0. The van der Waals surface area contributed by atoms with Crippen molar-refractivity contribution in [3.63, 3.8) is 0 Å². The second-order valence-electron chi connectivity index (χ2n) is 5.88. The zero-order valence-electron chi connectivity index (χ0n) is 14.9. The van der Waals surface area contributed by atoms with Gasteiger partial charge in [-0.15, -0.1) is 0 Å². The van der Waals surface area contributed by atoms with Crippen LogP contribution >= 0.6 is 0 Å². The summed E-state index contributed by atoms with van der Waals surface area (Å²) in [5.74, 6) is -0.113. The summed E-state index contributed by atoms with van der Waals surface area (Å²) in [4.78, 5) is 9.75. The molecule has 0 amide bonds. The van der Waals surface area contributed by atoms with E-state index in [1.807, 2.05) is 38.1 Å². The molecule has 3 rings (SSSR count). The first-order chi connectivity index (χ1) is 12.9. The van der Waals surface area contributed by atoms with Crippen LogP contribution in [0.5, 0.6) is 11.6 Å². The number of nitrogens with zero attached hydrogens (tertiary/aromatic N) is 3. The van der Waals surface area contributed by atoms with Crippen LogP contribution in [0.25, 0.3) is 0 Å². The quantitative estimate of drug-likeness (QED) is 0.570. The van der Waals surface area contributed by atoms with E-state index in [9.17, 15) is 13.2 Å². The third-order valence-corrected chi connectivity index (χ3v) is 3.88. The number of alkyl halides is 3. The van der Waals surface area contributed by atoms with E-state index in [0.717, 1.165) is 17.4 Å². The maximum absolute atomic E-state index is 13.4. The van der Waals surface area contributed by atoms with Crippen molar-refractivity contribution in [2.45, 2.75) is 20.0 Å². The maximum atomic E-state index is 13.4. The number of aromatic nitrogens is 2. The maximum Gasteiger partial charge on any atom is 0.423 e. The molecule has 0 aliphatic carbocycles. The zero-order valence-corrected chi connectivity index (χ0v) is 14.9. The summed E-state index contributed by atoms with van der Waals surface area (Å²) in [6, 6.07) is 15.8. The summed E-state index contributed by atoms with van der Waals surface area (Å²) in [5, 5.41) is 0. The van der Waals surface area contributed by atoms with E-state index in [-0.39, 0.29) is 11.7 Å². The Kier molecular flexibility index (Phi) is 5.30. The van der Waals surface area contributed by atoms with Gasteiger partial charge < -0.3 is 9.64 Å². The molecule has 0 saturated heterocycles. The van der Waals surface area contributed by atoms with Gasteiger partial charge in [0, 0.05) is 18.4 Å². The first-order valence-corrected chi connectivity index (χ1v) is 8.40. The highest BCUT2D eigenvalue weighted by Crippen LogP contribution is 2.38. The minimum Gasteiger partial charge on any atom is -0.438 e. The van der Waals surface area contributed by atoms with Crippen LogP contribution in [0, 0.1) is 6.92 Å². The number of rotatable bonds is 5. The average molecular weight is 373 g/mol. The summed E-state index contributed by atoms with van der Waals surface area (Å²) < 4.78 is 45.5. The van der Waals surface area contributed by atoms with Gasteiger partial charge in [0.1, 0.15) is 11.3 Å². The lowest BCUT2D eigenvalue weighted by atomic mass is 10.2. The standard InChI is InChI=1S/C20H18F3N3O/c1-3-26(15-9-7-8-14(2)12-15)19-24-13-17(20(21,22)23)18(25-19)27-16-10-5-4-6-11-16/h4-13H,3H2,1-2H3. The number of aryl methyl sites for hydroxylation is 1. The van der Waals surface area contributed by atoms with Crippen molar-refractivity contribution in [2.75, 3.05) is 11.4 Å². The molecule has 3 aromatic rings. The Morgan fingerprint density at radius 1 is 1.04 bits per heavy atom. The van der Waals surface area contributed by atoms with Gasteiger partial charge in [-0.25, -0.2) is 4.98 Å². The number of hydrogen-bond acceptors (Lipinski definition) is 4. The van der Waals surface area contributed by atoms with Crippen molar-refractivity contribution in [1.82, 2.24) is 9.97 Å². The van der Waals surface area contributed by atoms with Crippen molar-refractivity contribution >= 4 is 11.6 Å². The minimum atomic E-state index is -4.62. The molecule has 0 N–H and O–H groups in total. The molecule has 7 heteroatoms. The fourth-order valence-corrected chi connectivity index (χ4v) is 2.60. The van der Waals surface area contributed by atoms with Crippen molar-refractivity contribution in [3.8, 4) is 11.6 Å². The Hall–Kier alpha value is -3.09. The van der Waals surface area contributed by atoms with Crippen LogP contribution in [0.1, 0.15) is 18.1 Å². The Bertz CT molecular complexity index is 914. The summed E-state index contributed by atoms with van der Waals surface area (Å²) in [5.41, 5.74) is 0.803. The van der Waals surface area contributed by atoms with Gasteiger partial charge in [0.25, 0.3) is 0 Å². The molecule has 0 fully saturated rings. The molecule has 0 aliphatic rings. The van der Waals surface area contributed by atoms with Crippen molar-refractivity contribution in [1.29, 1.82) is 0 Å². The molecule has 0 saturated carbocycles. The van der Waals surface area contributed by atoms with E-state index in [4.69, 9.17) is 4.74 Å². The number of para-hydroxylation sites is 1. The van der Waals surface area contributed by atoms with Gasteiger partial charge in [0.2, 0.25) is 11.8 Å². The molecule has 1 heterocycles. The second-order valence-corrected chi connectivity index (χ2v) is 5.88. The van der Waals surface area contributed by atoms with Crippen LogP contribution in [0.4, 0.5) is 24.8 Å². The van der Waals surface area contributed by atoms with Crippen LogP contribution in [0.3, 0.4) is 0 Å². The SMILES string of the molecule is CCN(c1cccc(C)c1)c1ncc(C(F)(F)F)c(Oc2ccccc2)n1. The third-order valence-electron chi connectivity index (χ3n) is 3.88. The Balaban J connectivity index is 2.05. The predicted octanol–water partition coefficient (Wildman–Crippen LogP) is 5.75.